The van der Waals surface area contributed by atoms with Crippen molar-refractivity contribution in [2.75, 3.05) is 23.7 Å². The van der Waals surface area contributed by atoms with Crippen LogP contribution in [0.3, 0.4) is 0 Å². The van der Waals surface area contributed by atoms with Crippen LogP contribution in [0.15, 0.2) is 46.9 Å². The molecule has 0 aliphatic carbocycles. The maximum atomic E-state index is 13.1. The van der Waals surface area contributed by atoms with Gasteiger partial charge in [-0.25, -0.2) is 9.37 Å². The van der Waals surface area contributed by atoms with Gasteiger partial charge in [-0.15, -0.1) is 6.58 Å². The molecule has 4 rings (SSSR count). The van der Waals surface area contributed by atoms with Gasteiger partial charge in [0.25, 0.3) is 5.56 Å². The lowest BCUT2D eigenvalue weighted by molar-refractivity contribution is -0.118. The van der Waals surface area contributed by atoms with E-state index in [2.05, 4.69) is 26.8 Å². The van der Waals surface area contributed by atoms with Gasteiger partial charge in [-0.2, -0.15) is 4.98 Å². The minimum absolute atomic E-state index is 0.0966. The fourth-order valence-electron chi connectivity index (χ4n) is 3.48. The highest BCUT2D eigenvalue weighted by atomic mass is 32.2. The molecule has 3 heterocycles. The van der Waals surface area contributed by atoms with Crippen LogP contribution in [0.4, 0.5) is 9.52 Å². The fraction of sp³-hybridized carbons (Fsp3) is 0.364. The Morgan fingerprint density at radius 1 is 1.22 bits per heavy atom. The Morgan fingerprint density at radius 3 is 2.69 bits per heavy atom. The minimum Gasteiger partial charge on any atom is -0.351 e. The van der Waals surface area contributed by atoms with E-state index in [0.717, 1.165) is 36.6 Å². The predicted octanol–water partition coefficient (Wildman–Crippen LogP) is 3.58. The average molecular weight is 474 g/mol. The maximum Gasteiger partial charge on any atom is 0.274 e. The van der Waals surface area contributed by atoms with E-state index in [1.165, 1.54) is 46.2 Å². The molecule has 1 aliphatic heterocycles. The van der Waals surface area contributed by atoms with Gasteiger partial charge in [0.05, 0.1) is 5.75 Å². The summed E-state index contributed by atoms with van der Waals surface area (Å²) in [6, 6.07) is 5.97. The van der Waals surface area contributed by atoms with Crippen molar-refractivity contribution in [1.29, 1.82) is 0 Å². The van der Waals surface area contributed by atoms with Gasteiger partial charge in [-0.05, 0) is 37.0 Å². The monoisotopic (exact) mass is 473 g/mol. The normalized spacial score (nSPS) is 14.0. The summed E-state index contributed by atoms with van der Waals surface area (Å²) in [6.07, 6.45) is 5.10. The topological polar surface area (TPSA) is 80.1 Å². The van der Waals surface area contributed by atoms with Crippen molar-refractivity contribution in [3.63, 3.8) is 0 Å². The van der Waals surface area contributed by atoms with Crippen LogP contribution in [0.25, 0.3) is 10.3 Å². The zero-order valence-corrected chi connectivity index (χ0v) is 19.2. The number of piperidine rings is 1. The summed E-state index contributed by atoms with van der Waals surface area (Å²) >= 11 is 2.57. The molecular formula is C22H24FN5O2S2. The van der Waals surface area contributed by atoms with Gasteiger partial charge in [0.15, 0.2) is 15.9 Å². The number of thiazole rings is 1. The second kappa shape index (κ2) is 10.3. The molecule has 0 atom stereocenters. The number of allylic oxidation sites excluding steroid dienone is 1. The van der Waals surface area contributed by atoms with E-state index in [1.54, 1.807) is 18.2 Å². The van der Waals surface area contributed by atoms with Crippen LogP contribution in [0.2, 0.25) is 0 Å². The summed E-state index contributed by atoms with van der Waals surface area (Å²) in [6.45, 7) is 6.23. The highest BCUT2D eigenvalue weighted by Crippen LogP contribution is 2.29. The second-order valence-electron chi connectivity index (χ2n) is 7.49. The number of nitrogens with one attached hydrogen (secondary N) is 1. The number of anilines is 1. The predicted molar refractivity (Wildman–Crippen MR) is 127 cm³/mol. The molecule has 3 aromatic rings. The largest absolute Gasteiger partial charge is 0.351 e. The summed E-state index contributed by atoms with van der Waals surface area (Å²) in [7, 11) is 0. The number of benzene rings is 1. The zero-order chi connectivity index (χ0) is 22.5. The lowest BCUT2D eigenvalue weighted by Crippen LogP contribution is -2.29. The number of aromatic nitrogens is 3. The fourth-order valence-corrected chi connectivity index (χ4v) is 5.31. The first-order chi connectivity index (χ1) is 15.5. The van der Waals surface area contributed by atoms with Crippen LogP contribution in [0, 0.1) is 5.82 Å². The van der Waals surface area contributed by atoms with Crippen molar-refractivity contribution in [2.24, 2.45) is 0 Å². The highest BCUT2D eigenvalue weighted by molar-refractivity contribution is 7.99. The molecule has 1 aliphatic rings. The van der Waals surface area contributed by atoms with E-state index in [4.69, 9.17) is 0 Å². The summed E-state index contributed by atoms with van der Waals surface area (Å²) < 4.78 is 15.1. The summed E-state index contributed by atoms with van der Waals surface area (Å²) in [5, 5.41) is 4.07. The molecule has 1 fully saturated rings. The van der Waals surface area contributed by atoms with E-state index in [0.29, 0.717) is 28.6 Å². The first kappa shape index (κ1) is 22.5. The Bertz CT molecular complexity index is 1170. The van der Waals surface area contributed by atoms with E-state index >= 15 is 0 Å². The van der Waals surface area contributed by atoms with Crippen LogP contribution in [0.1, 0.15) is 24.8 Å². The van der Waals surface area contributed by atoms with Crippen molar-refractivity contribution >= 4 is 44.5 Å². The van der Waals surface area contributed by atoms with E-state index in [-0.39, 0.29) is 23.0 Å². The number of hydrogen-bond acceptors (Lipinski definition) is 7. The SMILES string of the molecule is C=CCn1c(SCC(=O)NCc2ccc(F)cc2)nc2nc(N3CCCCC3)sc2c1=O. The van der Waals surface area contributed by atoms with Gasteiger partial charge >= 0.3 is 0 Å². The molecule has 168 valence electrons. The zero-order valence-electron chi connectivity index (χ0n) is 17.6. The van der Waals surface area contributed by atoms with Crippen LogP contribution >= 0.6 is 23.1 Å². The Morgan fingerprint density at radius 2 is 1.97 bits per heavy atom. The number of nitrogens with zero attached hydrogens (tertiary/aromatic N) is 4. The number of thioether (sulfide) groups is 1. The molecule has 0 spiro atoms. The molecule has 1 saturated heterocycles. The first-order valence-electron chi connectivity index (χ1n) is 10.5. The van der Waals surface area contributed by atoms with Crippen molar-refractivity contribution < 1.29 is 9.18 Å². The Hall–Kier alpha value is -2.72. The number of rotatable bonds is 8. The van der Waals surface area contributed by atoms with Crippen molar-refractivity contribution in [2.45, 2.75) is 37.5 Å². The van der Waals surface area contributed by atoms with Gasteiger partial charge in [-0.3, -0.25) is 14.2 Å². The third kappa shape index (κ3) is 5.18. The molecular weight excluding hydrogens is 449 g/mol. The van der Waals surface area contributed by atoms with Crippen molar-refractivity contribution in [3.8, 4) is 0 Å². The van der Waals surface area contributed by atoms with Gasteiger partial charge in [0.1, 0.15) is 10.5 Å². The molecule has 0 bridgehead atoms. The summed E-state index contributed by atoms with van der Waals surface area (Å²) in [5.41, 5.74) is 1.07. The molecule has 0 saturated carbocycles. The Balaban J connectivity index is 1.49. The number of fused-ring (bicyclic) bond motifs is 1. The Kier molecular flexibility index (Phi) is 7.21. The highest BCUT2D eigenvalue weighted by Gasteiger charge is 2.20. The summed E-state index contributed by atoms with van der Waals surface area (Å²) in [5.74, 6) is -0.423. The number of halogens is 1. The number of hydrogen-bond donors (Lipinski definition) is 1. The minimum atomic E-state index is -0.317. The van der Waals surface area contributed by atoms with Gasteiger partial charge in [0, 0.05) is 26.2 Å². The van der Waals surface area contributed by atoms with Gasteiger partial charge < -0.3 is 10.2 Å². The molecule has 2 aromatic heterocycles. The van der Waals surface area contributed by atoms with E-state index in [9.17, 15) is 14.0 Å². The maximum absolute atomic E-state index is 13.1. The molecule has 0 unspecified atom stereocenters. The van der Waals surface area contributed by atoms with Gasteiger partial charge in [0.2, 0.25) is 5.91 Å². The lowest BCUT2D eigenvalue weighted by Gasteiger charge is -2.25. The standard InChI is InChI=1S/C22H24FN5O2S2/c1-2-10-28-20(30)18-19(25-21(32-18)27-11-4-3-5-12-27)26-22(28)31-14-17(29)24-13-15-6-8-16(23)9-7-15/h2,6-9H,1,3-5,10-14H2,(H,24,29). The molecule has 32 heavy (non-hydrogen) atoms. The van der Waals surface area contributed by atoms with E-state index < -0.39 is 0 Å². The molecule has 10 heteroatoms. The van der Waals surface area contributed by atoms with Gasteiger partial charge in [-0.1, -0.05) is 41.3 Å². The number of carbonyl (C=O) groups excluding carboxylic acids is 1. The quantitative estimate of drug-likeness (QED) is 0.306. The number of carbonyl (C=O) groups is 1. The average Bonchev–Trinajstić information content (AvgIpc) is 3.24. The second-order valence-corrected chi connectivity index (χ2v) is 9.41. The third-order valence-electron chi connectivity index (χ3n) is 5.14. The molecule has 1 aromatic carbocycles. The first-order valence-corrected chi connectivity index (χ1v) is 12.3. The van der Waals surface area contributed by atoms with Crippen LogP contribution in [-0.4, -0.2) is 39.3 Å². The van der Waals surface area contributed by atoms with Crippen LogP contribution < -0.4 is 15.8 Å². The van der Waals surface area contributed by atoms with Crippen LogP contribution in [-0.2, 0) is 17.9 Å². The van der Waals surface area contributed by atoms with E-state index in [1.807, 2.05) is 0 Å². The van der Waals surface area contributed by atoms with Crippen molar-refractivity contribution in [3.05, 3.63) is 58.7 Å². The summed E-state index contributed by atoms with van der Waals surface area (Å²) in [4.78, 5) is 36.9. The molecule has 1 N–H and O–H groups in total. The van der Waals surface area contributed by atoms with Crippen molar-refractivity contribution in [1.82, 2.24) is 19.9 Å². The van der Waals surface area contributed by atoms with Crippen LogP contribution in [0.5, 0.6) is 0 Å². The number of amides is 1. The molecule has 1 amide bonds. The Labute approximate surface area is 193 Å². The lowest BCUT2D eigenvalue weighted by atomic mass is 10.1. The molecule has 0 radical (unpaired) electrons. The third-order valence-corrected chi connectivity index (χ3v) is 7.21. The molecule has 7 nitrogen and oxygen atoms in total. The smallest absolute Gasteiger partial charge is 0.274 e.